The van der Waals surface area contributed by atoms with Crippen LogP contribution in [-0.2, 0) is 33.2 Å². The standard InChI is InChI=1S/C24H42O21/c25-1-5-9(29)13(33)14(34)22(40-5)44-19-11(31)7(3-27)42-24(16(19)36)45-20-12(32)8(4-28)41-23(17(20)37)43-18-10(30)6(2-26)39-21(38)15(18)35/h5-38H,1-4H2/t5-,6-,7-,8-,9-,10+,11+,12-,13+,14-,15-,16-,17+,18+,19+,20+,21-,22+,23-,24-/m1/s1. The fourth-order valence-electron chi connectivity index (χ4n) is 5.53. The van der Waals surface area contributed by atoms with Gasteiger partial charge in [0.1, 0.15) is 97.7 Å². The summed E-state index contributed by atoms with van der Waals surface area (Å²) in [6.45, 7) is -3.42. The molecule has 0 radical (unpaired) electrons. The first-order valence-electron chi connectivity index (χ1n) is 14.1. The molecule has 0 amide bonds. The second kappa shape index (κ2) is 15.6. The van der Waals surface area contributed by atoms with Gasteiger partial charge in [0.05, 0.1) is 26.4 Å². The van der Waals surface area contributed by atoms with E-state index in [2.05, 4.69) is 0 Å². The van der Waals surface area contributed by atoms with E-state index < -0.39 is 149 Å². The zero-order valence-corrected chi connectivity index (χ0v) is 23.5. The lowest BCUT2D eigenvalue weighted by Gasteiger charge is -2.49. The van der Waals surface area contributed by atoms with Gasteiger partial charge in [-0.05, 0) is 0 Å². The van der Waals surface area contributed by atoms with Crippen LogP contribution in [0, 0.1) is 0 Å². The van der Waals surface area contributed by atoms with Gasteiger partial charge in [0, 0.05) is 0 Å². The van der Waals surface area contributed by atoms with Crippen molar-refractivity contribution >= 4 is 0 Å². The van der Waals surface area contributed by atoms with Crippen LogP contribution in [0.25, 0.3) is 0 Å². The SMILES string of the molecule is OC[C@H]1O[C@@H](O)[C@H](O)[C@@H](O[C@H]2O[C@H](CO)[C@@H](O)[C@H](O[C@H]3O[C@H](CO)[C@H](O)[C@H](O[C@@H]4O[C@H](CO)[C@@H](O)[C@H](O)[C@H]4O)[C@H]3O)[C@@H]2O)[C@H]1O. The Morgan fingerprint density at radius 3 is 1.02 bits per heavy atom. The molecule has 0 aromatic heterocycles. The molecule has 20 atom stereocenters. The van der Waals surface area contributed by atoms with E-state index in [1.165, 1.54) is 0 Å². The molecule has 21 nitrogen and oxygen atoms in total. The second-order valence-corrected chi connectivity index (χ2v) is 11.1. The molecule has 0 bridgehead atoms. The third-order valence-electron chi connectivity index (χ3n) is 8.21. The average Bonchev–Trinajstić information content (AvgIpc) is 3.02. The maximum Gasteiger partial charge on any atom is 0.187 e. The van der Waals surface area contributed by atoms with Crippen LogP contribution in [0.5, 0.6) is 0 Å². The Morgan fingerprint density at radius 2 is 0.644 bits per heavy atom. The fourth-order valence-corrected chi connectivity index (χ4v) is 5.53. The van der Waals surface area contributed by atoms with Gasteiger partial charge in [-0.25, -0.2) is 0 Å². The molecule has 21 heteroatoms. The lowest BCUT2D eigenvalue weighted by Crippen LogP contribution is -2.67. The summed E-state index contributed by atoms with van der Waals surface area (Å²) in [5, 5.41) is 143. The van der Waals surface area contributed by atoms with Gasteiger partial charge in [-0.1, -0.05) is 0 Å². The Bertz CT molecular complexity index is 916. The Hall–Kier alpha value is -0.840. The molecule has 0 spiro atoms. The fraction of sp³-hybridized carbons (Fsp3) is 1.00. The number of rotatable bonds is 10. The van der Waals surface area contributed by atoms with Gasteiger partial charge < -0.3 is 105 Å². The molecule has 0 aromatic rings. The molecule has 0 saturated carbocycles. The smallest absolute Gasteiger partial charge is 0.187 e. The van der Waals surface area contributed by atoms with Gasteiger partial charge >= 0.3 is 0 Å². The Morgan fingerprint density at radius 1 is 0.333 bits per heavy atom. The van der Waals surface area contributed by atoms with Crippen molar-refractivity contribution in [2.45, 2.75) is 123 Å². The molecule has 14 N–H and O–H groups in total. The van der Waals surface area contributed by atoms with Crippen LogP contribution in [-0.4, -0.2) is 221 Å². The molecule has 45 heavy (non-hydrogen) atoms. The van der Waals surface area contributed by atoms with Gasteiger partial charge in [-0.15, -0.1) is 0 Å². The summed E-state index contributed by atoms with van der Waals surface area (Å²) in [5.41, 5.74) is 0. The van der Waals surface area contributed by atoms with Crippen molar-refractivity contribution in [2.24, 2.45) is 0 Å². The summed E-state index contributed by atoms with van der Waals surface area (Å²) >= 11 is 0. The van der Waals surface area contributed by atoms with Crippen molar-refractivity contribution in [1.82, 2.24) is 0 Å². The van der Waals surface area contributed by atoms with Crippen LogP contribution < -0.4 is 0 Å². The van der Waals surface area contributed by atoms with E-state index in [-0.39, 0.29) is 0 Å². The van der Waals surface area contributed by atoms with Gasteiger partial charge in [0.25, 0.3) is 0 Å². The third kappa shape index (κ3) is 7.44. The maximum atomic E-state index is 11.1. The first-order chi connectivity index (χ1) is 21.3. The van der Waals surface area contributed by atoms with Crippen molar-refractivity contribution in [3.8, 4) is 0 Å². The first kappa shape index (κ1) is 37.0. The van der Waals surface area contributed by atoms with E-state index in [1.54, 1.807) is 0 Å². The van der Waals surface area contributed by atoms with Gasteiger partial charge in [-0.2, -0.15) is 0 Å². The molecule has 264 valence electrons. The highest BCUT2D eigenvalue weighted by Gasteiger charge is 2.55. The van der Waals surface area contributed by atoms with Crippen LogP contribution in [0.1, 0.15) is 0 Å². The predicted octanol–water partition coefficient (Wildman–Crippen LogP) is -9.75. The zero-order chi connectivity index (χ0) is 33.3. The Labute approximate surface area is 254 Å². The monoisotopic (exact) mass is 666 g/mol. The van der Waals surface area contributed by atoms with Crippen LogP contribution >= 0.6 is 0 Å². The summed E-state index contributed by atoms with van der Waals surface area (Å²) in [7, 11) is 0. The van der Waals surface area contributed by atoms with Crippen LogP contribution in [0.3, 0.4) is 0 Å². The molecule has 4 aliphatic heterocycles. The minimum Gasteiger partial charge on any atom is -0.394 e. The lowest BCUT2D eigenvalue weighted by molar-refractivity contribution is -0.389. The number of hydrogen-bond acceptors (Lipinski definition) is 21. The van der Waals surface area contributed by atoms with E-state index in [1.807, 2.05) is 0 Å². The lowest BCUT2D eigenvalue weighted by atomic mass is 9.95. The summed E-state index contributed by atoms with van der Waals surface area (Å²) in [5.74, 6) is 0. The highest BCUT2D eigenvalue weighted by Crippen LogP contribution is 2.34. The van der Waals surface area contributed by atoms with E-state index in [9.17, 15) is 71.5 Å². The maximum absolute atomic E-state index is 11.1. The predicted molar refractivity (Wildman–Crippen MR) is 134 cm³/mol. The molecule has 0 unspecified atom stereocenters. The third-order valence-corrected chi connectivity index (χ3v) is 8.21. The normalized spacial score (nSPS) is 52.9. The van der Waals surface area contributed by atoms with Gasteiger partial charge in [0.15, 0.2) is 25.2 Å². The number of ether oxygens (including phenoxy) is 7. The minimum atomic E-state index is -2.05. The van der Waals surface area contributed by atoms with Crippen LogP contribution in [0.15, 0.2) is 0 Å². The highest BCUT2D eigenvalue weighted by molar-refractivity contribution is 4.97. The van der Waals surface area contributed by atoms with Crippen LogP contribution in [0.4, 0.5) is 0 Å². The molecule has 4 fully saturated rings. The second-order valence-electron chi connectivity index (χ2n) is 11.1. The van der Waals surface area contributed by atoms with Crippen molar-refractivity contribution in [1.29, 1.82) is 0 Å². The highest BCUT2D eigenvalue weighted by atomic mass is 16.8. The Kier molecular flexibility index (Phi) is 12.8. The quantitative estimate of drug-likeness (QED) is 0.103. The molecular formula is C24H42O21. The van der Waals surface area contributed by atoms with E-state index in [4.69, 9.17) is 33.2 Å². The number of aliphatic hydroxyl groups excluding tert-OH is 14. The minimum absolute atomic E-state index is 0.802. The van der Waals surface area contributed by atoms with E-state index in [0.29, 0.717) is 0 Å². The first-order valence-corrected chi connectivity index (χ1v) is 14.1. The summed E-state index contributed by atoms with van der Waals surface area (Å²) in [6.07, 6.45) is -36.1. The van der Waals surface area contributed by atoms with Crippen LogP contribution in [0.2, 0.25) is 0 Å². The topological polar surface area (TPSA) is 348 Å². The van der Waals surface area contributed by atoms with Gasteiger partial charge in [-0.3, -0.25) is 0 Å². The molecule has 0 aliphatic carbocycles. The van der Waals surface area contributed by atoms with Crippen molar-refractivity contribution < 1.29 is 105 Å². The number of hydrogen-bond donors (Lipinski definition) is 14. The average molecular weight is 667 g/mol. The molecule has 4 aliphatic rings. The van der Waals surface area contributed by atoms with Gasteiger partial charge in [0.2, 0.25) is 0 Å². The molecule has 0 aromatic carbocycles. The zero-order valence-electron chi connectivity index (χ0n) is 23.5. The number of aliphatic hydroxyl groups is 14. The van der Waals surface area contributed by atoms with E-state index >= 15 is 0 Å². The van der Waals surface area contributed by atoms with Crippen molar-refractivity contribution in [3.05, 3.63) is 0 Å². The summed E-state index contributed by atoms with van der Waals surface area (Å²) < 4.78 is 37.5. The molecule has 4 saturated heterocycles. The summed E-state index contributed by atoms with van der Waals surface area (Å²) in [6, 6.07) is 0. The largest absolute Gasteiger partial charge is 0.394 e. The molecule has 4 heterocycles. The molecular weight excluding hydrogens is 624 g/mol. The van der Waals surface area contributed by atoms with E-state index in [0.717, 1.165) is 0 Å². The van der Waals surface area contributed by atoms with Crippen molar-refractivity contribution in [2.75, 3.05) is 26.4 Å². The van der Waals surface area contributed by atoms with Crippen molar-refractivity contribution in [3.63, 3.8) is 0 Å². The molecule has 4 rings (SSSR count). The summed E-state index contributed by atoms with van der Waals surface area (Å²) in [4.78, 5) is 0. The Balaban J connectivity index is 1.53.